The Labute approximate surface area is 167 Å². The van der Waals surface area contributed by atoms with Gasteiger partial charge in [-0.05, 0) is 41.5 Å². The van der Waals surface area contributed by atoms with E-state index in [9.17, 15) is 13.2 Å². The first-order valence-electron chi connectivity index (χ1n) is 9.08. The Balaban J connectivity index is 1.56. The molecule has 29 heavy (non-hydrogen) atoms. The first-order chi connectivity index (χ1) is 14.0. The molecule has 1 aliphatic heterocycles. The molecular weight excluding hydrogens is 388 g/mol. The van der Waals surface area contributed by atoms with Gasteiger partial charge in [0.1, 0.15) is 11.4 Å². The summed E-state index contributed by atoms with van der Waals surface area (Å²) in [6, 6.07) is 20.9. The number of aromatic nitrogens is 1. The monoisotopic (exact) mass is 404 g/mol. The van der Waals surface area contributed by atoms with E-state index in [-0.39, 0.29) is 22.4 Å². The van der Waals surface area contributed by atoms with Crippen molar-refractivity contribution in [3.05, 3.63) is 89.8 Å². The summed E-state index contributed by atoms with van der Waals surface area (Å²) in [4.78, 5) is 17.2. The van der Waals surface area contributed by atoms with Gasteiger partial charge in [-0.3, -0.25) is 4.79 Å². The van der Waals surface area contributed by atoms with Gasteiger partial charge in [0.15, 0.2) is 15.4 Å². The third-order valence-electron chi connectivity index (χ3n) is 4.97. The number of hydrogen-bond acceptors (Lipinski definition) is 5. The molecule has 0 spiro atoms. The summed E-state index contributed by atoms with van der Waals surface area (Å²) in [5, 5.41) is 2.78. The molecule has 1 aromatic heterocycles. The van der Waals surface area contributed by atoms with Gasteiger partial charge in [0, 0.05) is 5.69 Å². The molecule has 0 bridgehead atoms. The Hall–Kier alpha value is -3.45. The fourth-order valence-electron chi connectivity index (χ4n) is 3.57. The van der Waals surface area contributed by atoms with Crippen LogP contribution < -0.4 is 5.32 Å². The molecule has 1 N–H and O–H groups in total. The normalized spacial score (nSPS) is 16.0. The van der Waals surface area contributed by atoms with Gasteiger partial charge in [-0.15, -0.1) is 0 Å². The van der Waals surface area contributed by atoms with Crippen molar-refractivity contribution in [2.24, 2.45) is 0 Å². The second kappa shape index (κ2) is 6.56. The van der Waals surface area contributed by atoms with E-state index in [1.54, 1.807) is 48.5 Å². The van der Waals surface area contributed by atoms with Crippen LogP contribution in [0.15, 0.2) is 82.1 Å². The highest BCUT2D eigenvalue weighted by molar-refractivity contribution is 7.90. The summed E-state index contributed by atoms with van der Waals surface area (Å²) in [7, 11) is -3.57. The Morgan fingerprint density at radius 3 is 2.52 bits per heavy atom. The summed E-state index contributed by atoms with van der Waals surface area (Å²) >= 11 is 0. The van der Waals surface area contributed by atoms with E-state index in [1.807, 2.05) is 18.2 Å². The maximum Gasteiger partial charge on any atom is 0.241 e. The fourth-order valence-corrected chi connectivity index (χ4v) is 4.95. The second-order valence-corrected chi connectivity index (χ2v) is 8.93. The van der Waals surface area contributed by atoms with Crippen LogP contribution in [-0.4, -0.2) is 19.3 Å². The third kappa shape index (κ3) is 3.09. The van der Waals surface area contributed by atoms with E-state index in [1.165, 1.54) is 6.07 Å². The van der Waals surface area contributed by atoms with Crippen molar-refractivity contribution in [2.45, 2.75) is 16.6 Å². The molecule has 4 aromatic rings. The van der Waals surface area contributed by atoms with Crippen LogP contribution in [0.5, 0.6) is 0 Å². The van der Waals surface area contributed by atoms with Gasteiger partial charge < -0.3 is 9.73 Å². The zero-order chi connectivity index (χ0) is 20.0. The molecule has 3 aromatic carbocycles. The van der Waals surface area contributed by atoms with E-state index in [2.05, 4.69) is 10.3 Å². The number of rotatable bonds is 4. The Kier molecular flexibility index (Phi) is 3.99. The van der Waals surface area contributed by atoms with Gasteiger partial charge >= 0.3 is 0 Å². The molecule has 7 heteroatoms. The highest BCUT2D eigenvalue weighted by atomic mass is 32.2. The molecular formula is C22H16N2O4S. The lowest BCUT2D eigenvalue weighted by Crippen LogP contribution is -2.13. The van der Waals surface area contributed by atoms with E-state index >= 15 is 0 Å². The quantitative estimate of drug-likeness (QED) is 0.557. The molecule has 1 amide bonds. The van der Waals surface area contributed by atoms with Crippen molar-refractivity contribution < 1.29 is 17.6 Å². The highest BCUT2D eigenvalue weighted by Gasteiger charge is 2.36. The molecule has 1 unspecified atom stereocenters. The van der Waals surface area contributed by atoms with Gasteiger partial charge in [-0.1, -0.05) is 42.5 Å². The lowest BCUT2D eigenvalue weighted by Gasteiger charge is -2.08. The summed E-state index contributed by atoms with van der Waals surface area (Å²) in [6.45, 7) is 0. The van der Waals surface area contributed by atoms with Crippen molar-refractivity contribution >= 4 is 32.5 Å². The van der Waals surface area contributed by atoms with Crippen molar-refractivity contribution in [1.82, 2.24) is 4.98 Å². The van der Waals surface area contributed by atoms with Crippen LogP contribution in [0.1, 0.15) is 22.9 Å². The maximum atomic E-state index is 12.9. The van der Waals surface area contributed by atoms with E-state index in [0.717, 1.165) is 0 Å². The number of oxazole rings is 1. The van der Waals surface area contributed by atoms with Crippen molar-refractivity contribution in [3.63, 3.8) is 0 Å². The number of sulfone groups is 1. The second-order valence-electron chi connectivity index (χ2n) is 6.94. The largest absolute Gasteiger partial charge is 0.439 e. The van der Waals surface area contributed by atoms with Crippen LogP contribution in [0.2, 0.25) is 0 Å². The molecule has 0 fully saturated rings. The first-order valence-corrected chi connectivity index (χ1v) is 10.7. The lowest BCUT2D eigenvalue weighted by atomic mass is 10.0. The van der Waals surface area contributed by atoms with E-state index in [4.69, 9.17) is 4.42 Å². The van der Waals surface area contributed by atoms with Crippen molar-refractivity contribution in [3.8, 4) is 0 Å². The summed E-state index contributed by atoms with van der Waals surface area (Å²) in [5.74, 6) is -0.935. The zero-order valence-electron chi connectivity index (χ0n) is 15.2. The first kappa shape index (κ1) is 17.6. The number of anilines is 1. The third-order valence-corrected chi connectivity index (χ3v) is 6.66. The topological polar surface area (TPSA) is 89.3 Å². The molecule has 1 atom stereocenters. The average molecular weight is 404 g/mol. The van der Waals surface area contributed by atoms with Gasteiger partial charge in [-0.2, -0.15) is 0 Å². The van der Waals surface area contributed by atoms with Gasteiger partial charge in [0.25, 0.3) is 0 Å². The number of amides is 1. The average Bonchev–Trinajstić information content (AvgIpc) is 3.27. The van der Waals surface area contributed by atoms with Crippen LogP contribution in [0.25, 0.3) is 11.1 Å². The zero-order valence-corrected chi connectivity index (χ0v) is 16.0. The number of carbonyl (C=O) groups excluding carboxylic acids is 1. The minimum absolute atomic E-state index is 0.110. The smallest absolute Gasteiger partial charge is 0.241 e. The highest BCUT2D eigenvalue weighted by Crippen LogP contribution is 2.39. The standard InChI is InChI=1S/C22H16N2O4S/c25-21-20(22-24-18-8-4-5-9-19(18)28-22)16-12-15(10-11-17(16)23-21)29(26,27)13-14-6-2-1-3-7-14/h1-12,20H,13H2,(H,23,25). The molecule has 0 aliphatic carbocycles. The lowest BCUT2D eigenvalue weighted by molar-refractivity contribution is -0.116. The van der Waals surface area contributed by atoms with Crippen LogP contribution in [0.4, 0.5) is 5.69 Å². The summed E-state index contributed by atoms with van der Waals surface area (Å²) < 4.78 is 31.6. The molecule has 6 nitrogen and oxygen atoms in total. The summed E-state index contributed by atoms with van der Waals surface area (Å²) in [6.07, 6.45) is 0. The van der Waals surface area contributed by atoms with Crippen LogP contribution in [0.3, 0.4) is 0 Å². The van der Waals surface area contributed by atoms with Gasteiger partial charge in [-0.25, -0.2) is 13.4 Å². The van der Waals surface area contributed by atoms with Crippen LogP contribution >= 0.6 is 0 Å². The van der Waals surface area contributed by atoms with Crippen molar-refractivity contribution in [1.29, 1.82) is 0 Å². The Morgan fingerprint density at radius 1 is 0.966 bits per heavy atom. The van der Waals surface area contributed by atoms with Gasteiger partial charge in [0.05, 0.1) is 10.6 Å². The van der Waals surface area contributed by atoms with Gasteiger partial charge in [0.2, 0.25) is 11.8 Å². The number of fused-ring (bicyclic) bond motifs is 2. The predicted molar refractivity (Wildman–Crippen MR) is 108 cm³/mol. The minimum Gasteiger partial charge on any atom is -0.439 e. The molecule has 144 valence electrons. The number of para-hydroxylation sites is 2. The molecule has 1 aliphatic rings. The molecule has 0 saturated heterocycles. The Morgan fingerprint density at radius 2 is 1.72 bits per heavy atom. The van der Waals surface area contributed by atoms with Crippen LogP contribution in [0, 0.1) is 0 Å². The number of nitrogens with zero attached hydrogens (tertiary/aromatic N) is 1. The fraction of sp³-hybridized carbons (Fsp3) is 0.0909. The number of nitrogens with one attached hydrogen (secondary N) is 1. The van der Waals surface area contributed by atoms with Crippen molar-refractivity contribution in [2.75, 3.05) is 5.32 Å². The molecule has 5 rings (SSSR count). The predicted octanol–water partition coefficient (Wildman–Crippen LogP) is 3.89. The van der Waals surface area contributed by atoms with Crippen LogP contribution in [-0.2, 0) is 20.4 Å². The number of benzene rings is 3. The number of carbonyl (C=O) groups is 1. The SMILES string of the molecule is O=C1Nc2ccc(S(=O)(=O)Cc3ccccc3)cc2C1c1nc2ccccc2o1. The Bertz CT molecular complexity index is 1310. The number of hydrogen-bond donors (Lipinski definition) is 1. The summed E-state index contributed by atoms with van der Waals surface area (Å²) in [5.41, 5.74) is 3.06. The maximum absolute atomic E-state index is 12.9. The molecule has 0 radical (unpaired) electrons. The van der Waals surface area contributed by atoms with E-state index in [0.29, 0.717) is 27.9 Å². The van der Waals surface area contributed by atoms with E-state index < -0.39 is 15.8 Å². The minimum atomic E-state index is -3.57. The molecule has 0 saturated carbocycles. The molecule has 2 heterocycles.